The first kappa shape index (κ1) is 55.3. The number of allylic oxidation sites excluding steroid dienone is 8. The Morgan fingerprint density at radius 3 is 1.78 bits per heavy atom. The second-order valence-electron chi connectivity index (χ2n) is 14.4. The first-order valence-electron chi connectivity index (χ1n) is 21.7. The average molecular weight is 840 g/mol. The highest BCUT2D eigenvalue weighted by atomic mass is 31.2. The fourth-order valence-electron chi connectivity index (χ4n) is 5.57. The maximum atomic E-state index is 12.6. The quantitative estimate of drug-likeness (QED) is 0.0130. The maximum Gasteiger partial charge on any atom is 0.472 e. The molecule has 0 amide bonds. The van der Waals surface area contributed by atoms with Gasteiger partial charge in [0.2, 0.25) is 0 Å². The number of unbranched alkanes of at least 4 members (excludes halogenated alkanes) is 14. The van der Waals surface area contributed by atoms with E-state index in [1.54, 1.807) is 54.7 Å². The predicted octanol–water partition coefficient (Wildman–Crippen LogP) is 9.19. The Labute approximate surface area is 350 Å². The maximum absolute atomic E-state index is 12.6. The first-order chi connectivity index (χ1) is 28.0. The summed E-state index contributed by atoms with van der Waals surface area (Å²) in [5, 5.41) is 30.0. The van der Waals surface area contributed by atoms with Crippen LogP contribution in [-0.2, 0) is 32.7 Å². The third-order valence-corrected chi connectivity index (χ3v) is 9.92. The molecule has 0 aromatic carbocycles. The van der Waals surface area contributed by atoms with Gasteiger partial charge >= 0.3 is 19.8 Å². The Kier molecular flexibility index (Phi) is 37.9. The fraction of sp³-hybridized carbons (Fsp3) is 0.689. The lowest BCUT2D eigenvalue weighted by Crippen LogP contribution is -2.29. The monoisotopic (exact) mass is 840 g/mol. The third-order valence-electron chi connectivity index (χ3n) is 8.94. The molecule has 0 spiro atoms. The predicted molar refractivity (Wildman–Crippen MR) is 233 cm³/mol. The van der Waals surface area contributed by atoms with Gasteiger partial charge in [-0.25, -0.2) is 4.57 Å². The highest BCUT2D eigenvalue weighted by Gasteiger charge is 2.26. The molecule has 0 aromatic heterocycles. The van der Waals surface area contributed by atoms with Crippen LogP contribution in [0.1, 0.15) is 149 Å². The number of ether oxygens (including phenoxy) is 2. The summed E-state index contributed by atoms with van der Waals surface area (Å²) in [7, 11) is -4.45. The molecule has 0 aromatic rings. The van der Waals surface area contributed by atoms with Gasteiger partial charge in [-0.1, -0.05) is 177 Å². The van der Waals surface area contributed by atoms with Crippen LogP contribution in [-0.4, -0.2) is 82.9 Å². The summed E-state index contributed by atoms with van der Waals surface area (Å²) < 4.78 is 32.6. The van der Waals surface area contributed by atoms with Crippen LogP contribution < -0.4 is 5.73 Å². The third kappa shape index (κ3) is 37.6. The minimum atomic E-state index is -4.45. The number of phosphoric ester groups is 1. The van der Waals surface area contributed by atoms with Crippen LogP contribution in [0, 0.1) is 0 Å². The van der Waals surface area contributed by atoms with E-state index in [1.807, 2.05) is 19.1 Å². The number of phosphoric acid groups is 1. The second-order valence-corrected chi connectivity index (χ2v) is 15.9. The van der Waals surface area contributed by atoms with E-state index >= 15 is 0 Å². The van der Waals surface area contributed by atoms with Crippen LogP contribution in [0.25, 0.3) is 0 Å². The standard InChI is InChI=1S/C45H78NO11P/c1-3-5-7-8-9-10-11-12-13-14-15-16-17-22-28-34-44(50)54-38-41(39-56-58(52,53)55-37-36-46)57-45(51)35-29-23-26-31-40(47)30-25-20-18-19-21-27-33-43(49)42(48)32-24-6-4-2/h6,18-21,23-27,30,33,40-43,47-49H,3-5,7-17,22,28-29,31-32,34-39,46H2,1-2H3,(H,52,53)/b20-18+,21-19-,24-6-,26-23+,30-25+,33-27+. The molecule has 0 aliphatic carbocycles. The molecule has 0 rings (SSSR count). The molecule has 334 valence electrons. The molecule has 6 N–H and O–H groups in total. The Morgan fingerprint density at radius 1 is 0.638 bits per heavy atom. The van der Waals surface area contributed by atoms with Crippen molar-refractivity contribution in [1.82, 2.24) is 0 Å². The molecule has 0 aliphatic rings. The fourth-order valence-corrected chi connectivity index (χ4v) is 6.34. The van der Waals surface area contributed by atoms with Crippen LogP contribution in [0.15, 0.2) is 72.9 Å². The molecule has 5 unspecified atom stereocenters. The van der Waals surface area contributed by atoms with E-state index in [4.69, 9.17) is 24.3 Å². The summed E-state index contributed by atoms with van der Waals surface area (Å²) in [6.07, 6.45) is 37.5. The Bertz CT molecular complexity index is 1230. The molecule has 0 heterocycles. The van der Waals surface area contributed by atoms with Gasteiger partial charge in [-0.05, 0) is 32.1 Å². The largest absolute Gasteiger partial charge is 0.472 e. The van der Waals surface area contributed by atoms with E-state index in [0.29, 0.717) is 25.7 Å². The lowest BCUT2D eigenvalue weighted by molar-refractivity contribution is -0.161. The molecule has 58 heavy (non-hydrogen) atoms. The van der Waals surface area contributed by atoms with Crippen LogP contribution in [0.2, 0.25) is 0 Å². The number of esters is 2. The number of hydrogen-bond donors (Lipinski definition) is 5. The molecular weight excluding hydrogens is 761 g/mol. The minimum Gasteiger partial charge on any atom is -0.462 e. The number of carbonyl (C=O) groups is 2. The van der Waals surface area contributed by atoms with Crippen molar-refractivity contribution in [3.63, 3.8) is 0 Å². The minimum absolute atomic E-state index is 0.00935. The van der Waals surface area contributed by atoms with Gasteiger partial charge in [0.05, 0.1) is 31.5 Å². The summed E-state index contributed by atoms with van der Waals surface area (Å²) in [6.45, 7) is 3.20. The van der Waals surface area contributed by atoms with E-state index in [9.17, 15) is 34.4 Å². The van der Waals surface area contributed by atoms with Gasteiger partial charge in [0.15, 0.2) is 6.10 Å². The number of carbonyl (C=O) groups excluding carboxylic acids is 2. The number of nitrogens with two attached hydrogens (primary N) is 1. The average Bonchev–Trinajstić information content (AvgIpc) is 3.20. The zero-order valence-electron chi connectivity index (χ0n) is 35.6. The summed E-state index contributed by atoms with van der Waals surface area (Å²) in [5.74, 6) is -1.06. The van der Waals surface area contributed by atoms with E-state index < -0.39 is 50.8 Å². The second kappa shape index (κ2) is 39.8. The number of aliphatic hydroxyl groups is 3. The molecule has 5 atom stereocenters. The van der Waals surface area contributed by atoms with Gasteiger partial charge in [0, 0.05) is 19.4 Å². The van der Waals surface area contributed by atoms with Gasteiger partial charge in [-0.15, -0.1) is 0 Å². The van der Waals surface area contributed by atoms with Crippen molar-refractivity contribution >= 4 is 19.8 Å². The smallest absolute Gasteiger partial charge is 0.462 e. The van der Waals surface area contributed by atoms with E-state index in [0.717, 1.165) is 25.7 Å². The first-order valence-corrected chi connectivity index (χ1v) is 23.2. The molecule has 0 saturated carbocycles. The van der Waals surface area contributed by atoms with Crippen molar-refractivity contribution in [2.75, 3.05) is 26.4 Å². The highest BCUT2D eigenvalue weighted by Crippen LogP contribution is 2.43. The van der Waals surface area contributed by atoms with E-state index in [-0.39, 0.29) is 32.6 Å². The lowest BCUT2D eigenvalue weighted by Gasteiger charge is -2.19. The molecule has 0 bridgehead atoms. The van der Waals surface area contributed by atoms with Crippen LogP contribution in [0.5, 0.6) is 0 Å². The number of hydrogen-bond acceptors (Lipinski definition) is 11. The van der Waals surface area contributed by atoms with Gasteiger partial charge in [-0.3, -0.25) is 18.6 Å². The molecule has 0 radical (unpaired) electrons. The zero-order valence-corrected chi connectivity index (χ0v) is 36.5. The molecule has 0 fully saturated rings. The number of aliphatic hydroxyl groups excluding tert-OH is 3. The summed E-state index contributed by atoms with van der Waals surface area (Å²) in [4.78, 5) is 34.8. The Balaban J connectivity index is 4.48. The highest BCUT2D eigenvalue weighted by molar-refractivity contribution is 7.47. The lowest BCUT2D eigenvalue weighted by atomic mass is 10.0. The Morgan fingerprint density at radius 2 is 1.19 bits per heavy atom. The van der Waals surface area contributed by atoms with E-state index in [2.05, 4.69) is 6.92 Å². The van der Waals surface area contributed by atoms with Crippen molar-refractivity contribution < 1.29 is 52.9 Å². The zero-order chi connectivity index (χ0) is 43.0. The van der Waals surface area contributed by atoms with E-state index in [1.165, 1.54) is 76.7 Å². The summed E-state index contributed by atoms with van der Waals surface area (Å²) >= 11 is 0. The van der Waals surface area contributed by atoms with Crippen molar-refractivity contribution in [2.45, 2.75) is 173 Å². The van der Waals surface area contributed by atoms with Crippen molar-refractivity contribution in [2.24, 2.45) is 5.73 Å². The topological polar surface area (TPSA) is 195 Å². The molecule has 13 heteroatoms. The molecule has 0 aliphatic heterocycles. The van der Waals surface area contributed by atoms with Gasteiger partial charge in [0.1, 0.15) is 6.61 Å². The molecule has 0 saturated heterocycles. The normalized spacial score (nSPS) is 15.6. The Hall–Kier alpha value is -2.67. The summed E-state index contributed by atoms with van der Waals surface area (Å²) in [6, 6.07) is 0. The van der Waals surface area contributed by atoms with Crippen molar-refractivity contribution in [3.05, 3.63) is 72.9 Å². The van der Waals surface area contributed by atoms with Crippen molar-refractivity contribution in [1.29, 1.82) is 0 Å². The molecular formula is C45H78NO11P. The van der Waals surface area contributed by atoms with Crippen molar-refractivity contribution in [3.8, 4) is 0 Å². The summed E-state index contributed by atoms with van der Waals surface area (Å²) in [5.41, 5.74) is 5.33. The SMILES string of the molecule is CC/C=C\CC(O)C(O)/C=C/C=C\C=C\C=C\C(O)C/C=C/CCC(=O)OC(COC(=O)CCCCCCCCCCCCCCCCC)COP(=O)(O)OCCN. The van der Waals surface area contributed by atoms with Crippen LogP contribution >= 0.6 is 7.82 Å². The molecule has 12 nitrogen and oxygen atoms in total. The number of rotatable bonds is 39. The van der Waals surface area contributed by atoms with Crippen LogP contribution in [0.3, 0.4) is 0 Å². The van der Waals surface area contributed by atoms with Gasteiger partial charge in [-0.2, -0.15) is 0 Å². The van der Waals surface area contributed by atoms with Crippen LogP contribution in [0.4, 0.5) is 0 Å². The van der Waals surface area contributed by atoms with Gasteiger partial charge in [0.25, 0.3) is 0 Å². The van der Waals surface area contributed by atoms with Gasteiger partial charge < -0.3 is 35.4 Å².